The van der Waals surface area contributed by atoms with E-state index in [1.807, 2.05) is 19.2 Å². The molecule has 4 heterocycles. The molecule has 1 amide bonds. The number of pyridine rings is 1. The summed E-state index contributed by atoms with van der Waals surface area (Å²) >= 11 is 1.48. The molecule has 0 radical (unpaired) electrons. The molecule has 1 N–H and O–H groups in total. The Balaban J connectivity index is 1.34. The molecule has 0 bridgehead atoms. The third-order valence-electron chi connectivity index (χ3n) is 6.16. The monoisotopic (exact) mass is 482 g/mol. The first kappa shape index (κ1) is 22.9. The number of aryl methyl sites for hydroxylation is 2. The molecule has 1 saturated heterocycles. The summed E-state index contributed by atoms with van der Waals surface area (Å²) < 4.78 is 12.8. The third kappa shape index (κ3) is 4.70. The van der Waals surface area contributed by atoms with Crippen LogP contribution in [0.25, 0.3) is 21.8 Å². The van der Waals surface area contributed by atoms with E-state index < -0.39 is 6.09 Å². The molecule has 1 aliphatic heterocycles. The number of carbonyl (C=O) groups is 1. The Bertz CT molecular complexity index is 1160. The van der Waals surface area contributed by atoms with Crippen LogP contribution in [0.1, 0.15) is 36.8 Å². The van der Waals surface area contributed by atoms with Gasteiger partial charge in [0.1, 0.15) is 6.61 Å². The molecule has 34 heavy (non-hydrogen) atoms. The molecule has 0 spiro atoms. The molecule has 1 fully saturated rings. The van der Waals surface area contributed by atoms with Crippen molar-refractivity contribution in [3.05, 3.63) is 35.3 Å². The van der Waals surface area contributed by atoms with Crippen LogP contribution in [0.4, 0.5) is 9.93 Å². The van der Waals surface area contributed by atoms with Gasteiger partial charge in [0.05, 0.1) is 35.2 Å². The topological polar surface area (TPSA) is 94.4 Å². The van der Waals surface area contributed by atoms with E-state index in [0.29, 0.717) is 18.3 Å². The first-order valence-corrected chi connectivity index (χ1v) is 12.6. The number of hydrogen-bond donors (Lipinski definition) is 1. The third-order valence-corrected chi connectivity index (χ3v) is 7.18. The zero-order valence-electron chi connectivity index (χ0n) is 19.8. The summed E-state index contributed by atoms with van der Waals surface area (Å²) in [7, 11) is 0. The number of nitrogens with zero attached hydrogens (tertiary/aromatic N) is 5. The number of amides is 1. The highest BCUT2D eigenvalue weighted by Crippen LogP contribution is 2.44. The lowest BCUT2D eigenvalue weighted by Gasteiger charge is -2.26. The highest BCUT2D eigenvalue weighted by Gasteiger charge is 2.30. The van der Waals surface area contributed by atoms with Gasteiger partial charge in [0.15, 0.2) is 5.13 Å². The SMILES string of the molecule is Cc1ccc(-c2nn(C(C)C)c3c2CCc2nc(NC(=O)OCCN4CCOCC4)sc2-3)cn1. The molecular weight excluding hydrogens is 452 g/mol. The number of hydrogen-bond acceptors (Lipinski definition) is 8. The maximum Gasteiger partial charge on any atom is 0.413 e. The maximum atomic E-state index is 12.4. The average Bonchev–Trinajstić information content (AvgIpc) is 3.41. The fraction of sp³-hybridized carbons (Fsp3) is 0.500. The van der Waals surface area contributed by atoms with E-state index in [2.05, 4.69) is 39.8 Å². The number of nitrogens with one attached hydrogen (secondary N) is 1. The first-order valence-electron chi connectivity index (χ1n) is 11.8. The van der Waals surface area contributed by atoms with Crippen molar-refractivity contribution in [3.63, 3.8) is 0 Å². The molecule has 0 saturated carbocycles. The number of ether oxygens (including phenoxy) is 2. The number of carbonyl (C=O) groups excluding carboxylic acids is 1. The predicted molar refractivity (Wildman–Crippen MR) is 131 cm³/mol. The molecule has 2 aliphatic rings. The van der Waals surface area contributed by atoms with Gasteiger partial charge >= 0.3 is 6.09 Å². The predicted octanol–water partition coefficient (Wildman–Crippen LogP) is 3.94. The van der Waals surface area contributed by atoms with Crippen molar-refractivity contribution in [2.45, 2.75) is 39.7 Å². The van der Waals surface area contributed by atoms with Gasteiger partial charge in [-0.05, 0) is 45.7 Å². The maximum absolute atomic E-state index is 12.4. The molecule has 0 unspecified atom stereocenters. The van der Waals surface area contributed by atoms with Gasteiger partial charge in [-0.25, -0.2) is 9.78 Å². The average molecular weight is 483 g/mol. The molecule has 0 aromatic carbocycles. The minimum atomic E-state index is -0.469. The van der Waals surface area contributed by atoms with E-state index in [-0.39, 0.29) is 6.04 Å². The van der Waals surface area contributed by atoms with Crippen molar-refractivity contribution >= 4 is 22.6 Å². The quantitative estimate of drug-likeness (QED) is 0.569. The lowest BCUT2D eigenvalue weighted by atomic mass is 9.95. The number of aromatic nitrogens is 4. The van der Waals surface area contributed by atoms with Crippen LogP contribution in [0, 0.1) is 6.92 Å². The molecule has 3 aromatic heterocycles. The molecule has 1 aliphatic carbocycles. The van der Waals surface area contributed by atoms with E-state index in [1.54, 1.807) is 0 Å². The van der Waals surface area contributed by atoms with Gasteiger partial charge in [0.2, 0.25) is 0 Å². The molecular formula is C24H30N6O3S. The van der Waals surface area contributed by atoms with Crippen molar-refractivity contribution in [3.8, 4) is 21.8 Å². The minimum Gasteiger partial charge on any atom is -0.448 e. The van der Waals surface area contributed by atoms with Crippen LogP contribution < -0.4 is 5.32 Å². The molecule has 180 valence electrons. The Morgan fingerprint density at radius 1 is 1.26 bits per heavy atom. The normalized spacial score (nSPS) is 15.8. The second kappa shape index (κ2) is 9.81. The molecule has 3 aromatic rings. The van der Waals surface area contributed by atoms with Gasteiger partial charge in [-0.1, -0.05) is 11.3 Å². The van der Waals surface area contributed by atoms with Crippen molar-refractivity contribution in [1.82, 2.24) is 24.6 Å². The Morgan fingerprint density at radius 2 is 2.09 bits per heavy atom. The van der Waals surface area contributed by atoms with E-state index >= 15 is 0 Å². The van der Waals surface area contributed by atoms with E-state index in [1.165, 1.54) is 16.9 Å². The molecule has 10 heteroatoms. The molecule has 0 atom stereocenters. The molecule has 5 rings (SSSR count). The summed E-state index contributed by atoms with van der Waals surface area (Å²) in [5, 5.41) is 8.36. The van der Waals surface area contributed by atoms with Crippen molar-refractivity contribution < 1.29 is 14.3 Å². The number of rotatable bonds is 6. The smallest absolute Gasteiger partial charge is 0.413 e. The highest BCUT2D eigenvalue weighted by atomic mass is 32.1. The Kier molecular flexibility index (Phi) is 6.62. The minimum absolute atomic E-state index is 0.190. The molecule has 9 nitrogen and oxygen atoms in total. The second-order valence-corrected chi connectivity index (χ2v) is 9.91. The van der Waals surface area contributed by atoms with Crippen LogP contribution in [0.15, 0.2) is 18.3 Å². The summed E-state index contributed by atoms with van der Waals surface area (Å²) in [5.74, 6) is 0. The number of morpholine rings is 1. The van der Waals surface area contributed by atoms with Gasteiger partial charge in [-0.2, -0.15) is 5.10 Å². The Labute approximate surface area is 203 Å². The Hall–Kier alpha value is -2.82. The van der Waals surface area contributed by atoms with E-state index in [0.717, 1.165) is 72.4 Å². The first-order chi connectivity index (χ1) is 16.5. The summed E-state index contributed by atoms with van der Waals surface area (Å²) in [6, 6.07) is 4.29. The number of thiazole rings is 1. The van der Waals surface area contributed by atoms with Gasteiger partial charge in [-0.15, -0.1) is 0 Å². The fourth-order valence-corrected chi connectivity index (χ4v) is 5.44. The van der Waals surface area contributed by atoms with Gasteiger partial charge < -0.3 is 9.47 Å². The zero-order valence-corrected chi connectivity index (χ0v) is 20.7. The van der Waals surface area contributed by atoms with Crippen LogP contribution in [0.2, 0.25) is 0 Å². The lowest BCUT2D eigenvalue weighted by molar-refractivity contribution is 0.0290. The van der Waals surface area contributed by atoms with Crippen LogP contribution in [0.3, 0.4) is 0 Å². The second-order valence-electron chi connectivity index (χ2n) is 8.91. The highest BCUT2D eigenvalue weighted by molar-refractivity contribution is 7.19. The number of fused-ring (bicyclic) bond motifs is 3. The van der Waals surface area contributed by atoms with Crippen molar-refractivity contribution in [2.24, 2.45) is 0 Å². The van der Waals surface area contributed by atoms with Crippen molar-refractivity contribution in [1.29, 1.82) is 0 Å². The van der Waals surface area contributed by atoms with Crippen LogP contribution in [-0.4, -0.2) is 70.2 Å². The van der Waals surface area contributed by atoms with Gasteiger partial charge in [0, 0.05) is 48.7 Å². The van der Waals surface area contributed by atoms with Crippen LogP contribution in [0.5, 0.6) is 0 Å². The van der Waals surface area contributed by atoms with E-state index in [4.69, 9.17) is 19.6 Å². The lowest BCUT2D eigenvalue weighted by Crippen LogP contribution is -2.38. The summed E-state index contributed by atoms with van der Waals surface area (Å²) in [4.78, 5) is 24.8. The summed E-state index contributed by atoms with van der Waals surface area (Å²) in [5.41, 5.74) is 6.30. The largest absolute Gasteiger partial charge is 0.448 e. The fourth-order valence-electron chi connectivity index (χ4n) is 4.38. The van der Waals surface area contributed by atoms with Crippen LogP contribution >= 0.6 is 11.3 Å². The zero-order chi connectivity index (χ0) is 23.7. The van der Waals surface area contributed by atoms with Gasteiger partial charge in [-0.3, -0.25) is 19.9 Å². The number of anilines is 1. The summed E-state index contributed by atoms with van der Waals surface area (Å²) in [6.07, 6.45) is 3.09. The Morgan fingerprint density at radius 3 is 2.82 bits per heavy atom. The van der Waals surface area contributed by atoms with E-state index in [9.17, 15) is 4.79 Å². The standard InChI is InChI=1S/C24H30N6O3S/c1-15(2)30-21-18(20(28-30)17-5-4-16(3)25-14-17)6-7-19-22(21)34-23(26-19)27-24(31)33-13-10-29-8-11-32-12-9-29/h4-5,14-15H,6-13H2,1-3H3,(H,26,27,31). The van der Waals surface area contributed by atoms with Gasteiger partial charge in [0.25, 0.3) is 0 Å². The van der Waals surface area contributed by atoms with Crippen LogP contribution in [-0.2, 0) is 22.3 Å². The van der Waals surface area contributed by atoms with Crippen molar-refractivity contribution in [2.75, 3.05) is 44.8 Å². The summed E-state index contributed by atoms with van der Waals surface area (Å²) in [6.45, 7) is 10.5.